The largest absolute Gasteiger partial charge is 0.454 e. The molecule has 3 heterocycles. The maximum absolute atomic E-state index is 6.14. The summed E-state index contributed by atoms with van der Waals surface area (Å²) in [5, 5.41) is 1.35. The van der Waals surface area contributed by atoms with Crippen molar-refractivity contribution in [2.24, 2.45) is 0 Å². The van der Waals surface area contributed by atoms with E-state index < -0.39 is 0 Å². The number of halogens is 1. The Bertz CT molecular complexity index is 989. The number of hydrogen-bond donors (Lipinski definition) is 0. The molecule has 0 unspecified atom stereocenters. The Morgan fingerprint density at radius 1 is 0.926 bits per heavy atom. The van der Waals surface area contributed by atoms with E-state index in [0.29, 0.717) is 12.1 Å². The van der Waals surface area contributed by atoms with Gasteiger partial charge in [-0.3, -0.25) is 4.90 Å². The summed E-state index contributed by atoms with van der Waals surface area (Å²) in [4.78, 5) is 13.6. The second-order valence-corrected chi connectivity index (χ2v) is 7.12. The number of nitrogens with zero attached hydrogens (tertiary/aromatic N) is 4. The Morgan fingerprint density at radius 2 is 1.74 bits per heavy atom. The second-order valence-electron chi connectivity index (χ2n) is 6.78. The fourth-order valence-corrected chi connectivity index (χ4v) is 3.86. The van der Waals surface area contributed by atoms with Gasteiger partial charge in [-0.15, -0.1) is 0 Å². The van der Waals surface area contributed by atoms with E-state index in [4.69, 9.17) is 21.1 Å². The predicted molar refractivity (Wildman–Crippen MR) is 105 cm³/mol. The van der Waals surface area contributed by atoms with Gasteiger partial charge in [0.2, 0.25) is 12.1 Å². The number of anilines is 1. The lowest BCUT2D eigenvalue weighted by molar-refractivity contribution is 0.174. The van der Waals surface area contributed by atoms with E-state index in [1.165, 1.54) is 5.56 Å². The molecule has 0 radical (unpaired) electrons. The van der Waals surface area contributed by atoms with Gasteiger partial charge in [-0.2, -0.15) is 4.98 Å². The molecule has 0 N–H and O–H groups in total. The second kappa shape index (κ2) is 6.87. The van der Waals surface area contributed by atoms with Crippen molar-refractivity contribution in [3.05, 3.63) is 53.3 Å². The molecule has 2 aromatic carbocycles. The first-order valence-electron chi connectivity index (χ1n) is 9.04. The van der Waals surface area contributed by atoms with Gasteiger partial charge in [-0.25, -0.2) is 4.98 Å². The lowest BCUT2D eigenvalue weighted by Gasteiger charge is -2.35. The van der Waals surface area contributed by atoms with Crippen LogP contribution < -0.4 is 14.4 Å². The van der Waals surface area contributed by atoms with Crippen LogP contribution in [0.25, 0.3) is 10.9 Å². The third-order valence-electron chi connectivity index (χ3n) is 5.07. The first-order valence-corrected chi connectivity index (χ1v) is 9.42. The molecule has 5 rings (SSSR count). The van der Waals surface area contributed by atoms with Crippen LogP contribution in [0, 0.1) is 0 Å². The van der Waals surface area contributed by atoms with Crippen molar-refractivity contribution in [2.75, 3.05) is 37.9 Å². The van der Waals surface area contributed by atoms with Crippen LogP contribution in [0.5, 0.6) is 11.5 Å². The van der Waals surface area contributed by atoms with Crippen LogP contribution in [0.15, 0.2) is 42.5 Å². The third kappa shape index (κ3) is 3.26. The van der Waals surface area contributed by atoms with Gasteiger partial charge in [0.25, 0.3) is 0 Å². The van der Waals surface area contributed by atoms with Gasteiger partial charge in [0, 0.05) is 38.1 Å². The first kappa shape index (κ1) is 16.6. The number of benzene rings is 2. The minimum atomic E-state index is 0.298. The molecule has 0 saturated carbocycles. The van der Waals surface area contributed by atoms with E-state index in [9.17, 15) is 0 Å². The summed E-state index contributed by atoms with van der Waals surface area (Å²) in [7, 11) is 0. The zero-order chi connectivity index (χ0) is 18.2. The summed E-state index contributed by atoms with van der Waals surface area (Å²) >= 11 is 6.14. The molecule has 27 heavy (non-hydrogen) atoms. The molecule has 138 valence electrons. The van der Waals surface area contributed by atoms with E-state index in [1.54, 1.807) is 0 Å². The highest BCUT2D eigenvalue weighted by molar-refractivity contribution is 6.28. The molecule has 0 amide bonds. The molecule has 2 aliphatic heterocycles. The topological polar surface area (TPSA) is 50.7 Å². The Balaban J connectivity index is 1.29. The molecule has 1 saturated heterocycles. The number of aromatic nitrogens is 2. The summed E-state index contributed by atoms with van der Waals surface area (Å²) in [6.45, 7) is 4.95. The van der Waals surface area contributed by atoms with Crippen molar-refractivity contribution < 1.29 is 9.47 Å². The van der Waals surface area contributed by atoms with Gasteiger partial charge in [-0.05, 0) is 41.4 Å². The van der Waals surface area contributed by atoms with E-state index >= 15 is 0 Å². The molecular formula is C20H19ClN4O2. The average molecular weight is 383 g/mol. The number of rotatable bonds is 3. The fraction of sp³-hybridized carbons (Fsp3) is 0.300. The van der Waals surface area contributed by atoms with Crippen molar-refractivity contribution in [3.63, 3.8) is 0 Å². The van der Waals surface area contributed by atoms with Gasteiger partial charge in [-0.1, -0.05) is 18.2 Å². The maximum Gasteiger partial charge on any atom is 0.231 e. The first-order chi connectivity index (χ1) is 13.3. The predicted octanol–water partition coefficient (Wildman–Crippen LogP) is 3.33. The van der Waals surface area contributed by atoms with Crippen LogP contribution >= 0.6 is 11.6 Å². The molecular weight excluding hydrogens is 364 g/mol. The molecule has 2 aliphatic rings. The summed E-state index contributed by atoms with van der Waals surface area (Å²) < 4.78 is 10.9. The minimum Gasteiger partial charge on any atom is -0.454 e. The van der Waals surface area contributed by atoms with Gasteiger partial charge < -0.3 is 14.4 Å². The van der Waals surface area contributed by atoms with E-state index in [0.717, 1.165) is 60.9 Å². The SMILES string of the molecule is Clc1nc(N2CCN(Cc3ccc4c(c3)OCO4)CC2)c2ccccc2n1. The van der Waals surface area contributed by atoms with Crippen molar-refractivity contribution in [1.29, 1.82) is 0 Å². The Morgan fingerprint density at radius 3 is 2.63 bits per heavy atom. The number of fused-ring (bicyclic) bond motifs is 2. The molecule has 0 bridgehead atoms. The van der Waals surface area contributed by atoms with Gasteiger partial charge in [0.1, 0.15) is 5.82 Å². The van der Waals surface area contributed by atoms with Crippen molar-refractivity contribution >= 4 is 28.3 Å². The molecule has 1 aromatic heterocycles. The number of piperazine rings is 1. The summed E-state index contributed by atoms with van der Waals surface area (Å²) in [6.07, 6.45) is 0. The Kier molecular flexibility index (Phi) is 4.22. The standard InChI is InChI=1S/C20H19ClN4O2/c21-20-22-16-4-2-1-3-15(16)19(23-20)25-9-7-24(8-10-25)12-14-5-6-17-18(11-14)27-13-26-17/h1-6,11H,7-10,12-13H2. The normalized spacial score (nSPS) is 16.9. The van der Waals surface area contributed by atoms with Crippen LogP contribution in [-0.2, 0) is 6.54 Å². The van der Waals surface area contributed by atoms with Gasteiger partial charge in [0.15, 0.2) is 11.5 Å². The van der Waals surface area contributed by atoms with Crippen LogP contribution in [0.3, 0.4) is 0 Å². The highest BCUT2D eigenvalue weighted by Gasteiger charge is 2.21. The molecule has 0 spiro atoms. The number of para-hydroxylation sites is 1. The third-order valence-corrected chi connectivity index (χ3v) is 5.24. The molecule has 3 aromatic rings. The zero-order valence-corrected chi connectivity index (χ0v) is 15.5. The summed E-state index contributed by atoms with van der Waals surface area (Å²) in [5.74, 6) is 2.60. The fourth-order valence-electron chi connectivity index (χ4n) is 3.69. The highest BCUT2D eigenvalue weighted by Crippen LogP contribution is 2.33. The smallest absolute Gasteiger partial charge is 0.231 e. The Labute approximate surface area is 162 Å². The van der Waals surface area contributed by atoms with Gasteiger partial charge >= 0.3 is 0 Å². The van der Waals surface area contributed by atoms with E-state index in [1.807, 2.05) is 24.3 Å². The van der Waals surface area contributed by atoms with E-state index in [2.05, 4.69) is 38.0 Å². The number of ether oxygens (including phenoxy) is 2. The summed E-state index contributed by atoms with van der Waals surface area (Å²) in [5.41, 5.74) is 2.12. The van der Waals surface area contributed by atoms with Crippen molar-refractivity contribution in [2.45, 2.75) is 6.54 Å². The molecule has 1 fully saturated rings. The van der Waals surface area contributed by atoms with E-state index in [-0.39, 0.29) is 0 Å². The van der Waals surface area contributed by atoms with Crippen LogP contribution in [0.1, 0.15) is 5.56 Å². The van der Waals surface area contributed by atoms with Crippen LogP contribution in [0.2, 0.25) is 5.28 Å². The molecule has 0 atom stereocenters. The monoisotopic (exact) mass is 382 g/mol. The minimum absolute atomic E-state index is 0.298. The molecule has 6 nitrogen and oxygen atoms in total. The van der Waals surface area contributed by atoms with Crippen molar-refractivity contribution in [3.8, 4) is 11.5 Å². The summed E-state index contributed by atoms with van der Waals surface area (Å²) in [6, 6.07) is 14.2. The quantitative estimate of drug-likeness (QED) is 0.648. The zero-order valence-electron chi connectivity index (χ0n) is 14.8. The molecule has 7 heteroatoms. The lowest BCUT2D eigenvalue weighted by Crippen LogP contribution is -2.46. The Hall–Kier alpha value is -2.57. The lowest BCUT2D eigenvalue weighted by atomic mass is 10.1. The molecule has 0 aliphatic carbocycles. The van der Waals surface area contributed by atoms with Crippen LogP contribution in [0.4, 0.5) is 5.82 Å². The number of hydrogen-bond acceptors (Lipinski definition) is 6. The van der Waals surface area contributed by atoms with Crippen molar-refractivity contribution in [1.82, 2.24) is 14.9 Å². The highest BCUT2D eigenvalue weighted by atomic mass is 35.5. The van der Waals surface area contributed by atoms with Gasteiger partial charge in [0.05, 0.1) is 5.52 Å². The van der Waals surface area contributed by atoms with Crippen LogP contribution in [-0.4, -0.2) is 47.8 Å². The average Bonchev–Trinajstić information content (AvgIpc) is 3.16. The maximum atomic E-state index is 6.14.